The topological polar surface area (TPSA) is 49.8 Å². The zero-order chi connectivity index (χ0) is 17.0. The van der Waals surface area contributed by atoms with Gasteiger partial charge in [0.1, 0.15) is 0 Å². The lowest BCUT2D eigenvalue weighted by Gasteiger charge is -2.56. The SMILES string of the molecule is CCOC1CC(O)C12CCN(C(=O)CCCc1ccccc1)CC2. The van der Waals surface area contributed by atoms with Gasteiger partial charge in [0, 0.05) is 38.0 Å². The molecule has 4 heteroatoms. The van der Waals surface area contributed by atoms with Gasteiger partial charge in [0.25, 0.3) is 0 Å². The molecule has 1 heterocycles. The smallest absolute Gasteiger partial charge is 0.222 e. The summed E-state index contributed by atoms with van der Waals surface area (Å²) in [7, 11) is 0. The van der Waals surface area contributed by atoms with Crippen molar-refractivity contribution in [1.82, 2.24) is 4.90 Å². The highest BCUT2D eigenvalue weighted by molar-refractivity contribution is 5.76. The van der Waals surface area contributed by atoms with E-state index in [4.69, 9.17) is 4.74 Å². The van der Waals surface area contributed by atoms with Crippen LogP contribution >= 0.6 is 0 Å². The molecule has 2 fully saturated rings. The fraction of sp³-hybridized carbons (Fsp3) is 0.650. The van der Waals surface area contributed by atoms with Crippen LogP contribution in [-0.4, -0.2) is 47.8 Å². The Labute approximate surface area is 144 Å². The normalized spacial score (nSPS) is 25.5. The number of aliphatic hydroxyl groups excluding tert-OH is 1. The van der Waals surface area contributed by atoms with Crippen molar-refractivity contribution in [1.29, 1.82) is 0 Å². The Morgan fingerprint density at radius 1 is 1.29 bits per heavy atom. The molecule has 0 radical (unpaired) electrons. The fourth-order valence-electron chi connectivity index (χ4n) is 4.24. The van der Waals surface area contributed by atoms with Crippen LogP contribution in [0.1, 0.15) is 44.6 Å². The Morgan fingerprint density at radius 2 is 2.00 bits per heavy atom. The highest BCUT2D eigenvalue weighted by atomic mass is 16.5. The van der Waals surface area contributed by atoms with E-state index in [1.54, 1.807) is 0 Å². The molecule has 1 aliphatic carbocycles. The van der Waals surface area contributed by atoms with Crippen LogP contribution < -0.4 is 0 Å². The van der Waals surface area contributed by atoms with Gasteiger partial charge in [-0.25, -0.2) is 0 Å². The molecule has 0 aromatic heterocycles. The van der Waals surface area contributed by atoms with Gasteiger partial charge in [-0.1, -0.05) is 30.3 Å². The second-order valence-corrected chi connectivity index (χ2v) is 7.15. The third kappa shape index (κ3) is 3.50. The van der Waals surface area contributed by atoms with Crippen LogP contribution in [0, 0.1) is 5.41 Å². The molecule has 1 aromatic carbocycles. The third-order valence-electron chi connectivity index (χ3n) is 5.86. The van der Waals surface area contributed by atoms with Crippen LogP contribution in [0.4, 0.5) is 0 Å². The lowest BCUT2D eigenvalue weighted by atomic mass is 9.58. The maximum Gasteiger partial charge on any atom is 0.222 e. The average molecular weight is 331 g/mol. The van der Waals surface area contributed by atoms with Gasteiger partial charge in [0.15, 0.2) is 0 Å². The van der Waals surface area contributed by atoms with Crippen molar-refractivity contribution in [3.63, 3.8) is 0 Å². The highest BCUT2D eigenvalue weighted by Gasteiger charge is 2.56. The summed E-state index contributed by atoms with van der Waals surface area (Å²) in [5.74, 6) is 0.252. The van der Waals surface area contributed by atoms with Crippen molar-refractivity contribution >= 4 is 5.91 Å². The van der Waals surface area contributed by atoms with Gasteiger partial charge >= 0.3 is 0 Å². The summed E-state index contributed by atoms with van der Waals surface area (Å²) in [6.45, 7) is 4.21. The van der Waals surface area contributed by atoms with Crippen LogP contribution in [0.25, 0.3) is 0 Å². The van der Waals surface area contributed by atoms with E-state index in [2.05, 4.69) is 12.1 Å². The van der Waals surface area contributed by atoms with E-state index in [1.807, 2.05) is 30.0 Å². The molecule has 24 heavy (non-hydrogen) atoms. The standard InChI is InChI=1S/C20H29NO3/c1-2-24-18-15-17(22)20(18)11-13-21(14-12-20)19(23)10-6-9-16-7-4-3-5-8-16/h3-5,7-8,17-18,22H,2,6,9-15H2,1H3. The summed E-state index contributed by atoms with van der Waals surface area (Å²) in [4.78, 5) is 14.4. The molecule has 1 amide bonds. The van der Waals surface area contributed by atoms with Crippen molar-refractivity contribution in [2.24, 2.45) is 5.41 Å². The van der Waals surface area contributed by atoms with Gasteiger partial charge < -0.3 is 14.7 Å². The number of aryl methyl sites for hydroxylation is 1. The molecule has 1 aliphatic heterocycles. The predicted molar refractivity (Wildman–Crippen MR) is 93.7 cm³/mol. The Balaban J connectivity index is 1.43. The summed E-state index contributed by atoms with van der Waals surface area (Å²) in [5.41, 5.74) is 1.19. The molecular formula is C20H29NO3. The van der Waals surface area contributed by atoms with E-state index in [1.165, 1.54) is 5.56 Å². The van der Waals surface area contributed by atoms with Crippen molar-refractivity contribution in [3.8, 4) is 0 Å². The maximum atomic E-state index is 12.4. The van der Waals surface area contributed by atoms with E-state index >= 15 is 0 Å². The van der Waals surface area contributed by atoms with E-state index in [-0.39, 0.29) is 23.5 Å². The molecule has 1 saturated heterocycles. The van der Waals surface area contributed by atoms with Gasteiger partial charge in [-0.2, -0.15) is 0 Å². The van der Waals surface area contributed by atoms with Crippen molar-refractivity contribution in [2.45, 2.75) is 57.7 Å². The fourth-order valence-corrected chi connectivity index (χ4v) is 4.24. The molecule has 1 aromatic rings. The Morgan fingerprint density at radius 3 is 2.62 bits per heavy atom. The Bertz CT molecular complexity index is 535. The zero-order valence-electron chi connectivity index (χ0n) is 14.6. The minimum atomic E-state index is -0.260. The summed E-state index contributed by atoms with van der Waals surface area (Å²) in [6, 6.07) is 10.3. The summed E-state index contributed by atoms with van der Waals surface area (Å²) < 4.78 is 5.79. The van der Waals surface area contributed by atoms with Crippen molar-refractivity contribution in [2.75, 3.05) is 19.7 Å². The molecule has 132 valence electrons. The number of hydrogen-bond acceptors (Lipinski definition) is 3. The quantitative estimate of drug-likeness (QED) is 0.872. The lowest BCUT2D eigenvalue weighted by molar-refractivity contribution is -0.210. The van der Waals surface area contributed by atoms with Crippen LogP contribution in [0.3, 0.4) is 0 Å². The summed E-state index contributed by atoms with van der Waals surface area (Å²) in [6.07, 6.45) is 4.85. The van der Waals surface area contributed by atoms with E-state index < -0.39 is 0 Å². The number of carbonyl (C=O) groups excluding carboxylic acids is 1. The minimum Gasteiger partial charge on any atom is -0.392 e. The number of carbonyl (C=O) groups is 1. The molecule has 2 aliphatic rings. The van der Waals surface area contributed by atoms with Gasteiger partial charge in [0.2, 0.25) is 5.91 Å². The number of piperidine rings is 1. The predicted octanol–water partition coefficient (Wildman–Crippen LogP) is 2.79. The van der Waals surface area contributed by atoms with Crippen molar-refractivity contribution in [3.05, 3.63) is 35.9 Å². The first-order valence-electron chi connectivity index (χ1n) is 9.27. The average Bonchev–Trinajstić information content (AvgIpc) is 2.62. The lowest BCUT2D eigenvalue weighted by Crippen LogP contribution is -2.62. The number of rotatable bonds is 6. The van der Waals surface area contributed by atoms with Gasteiger partial charge in [-0.3, -0.25) is 4.79 Å². The molecule has 2 unspecified atom stereocenters. The van der Waals surface area contributed by atoms with Gasteiger partial charge in [-0.15, -0.1) is 0 Å². The van der Waals surface area contributed by atoms with E-state index in [9.17, 15) is 9.90 Å². The number of hydrogen-bond donors (Lipinski definition) is 1. The number of likely N-dealkylation sites (tertiary alicyclic amines) is 1. The van der Waals surface area contributed by atoms with Gasteiger partial charge in [-0.05, 0) is 38.2 Å². The number of benzene rings is 1. The molecular weight excluding hydrogens is 302 g/mol. The second-order valence-electron chi connectivity index (χ2n) is 7.15. The van der Waals surface area contributed by atoms with Crippen LogP contribution in [0.15, 0.2) is 30.3 Å². The highest BCUT2D eigenvalue weighted by Crippen LogP contribution is 2.50. The minimum absolute atomic E-state index is 0.100. The zero-order valence-corrected chi connectivity index (χ0v) is 14.6. The van der Waals surface area contributed by atoms with E-state index in [0.29, 0.717) is 13.0 Å². The van der Waals surface area contributed by atoms with Crippen LogP contribution in [0.5, 0.6) is 0 Å². The van der Waals surface area contributed by atoms with Crippen LogP contribution in [-0.2, 0) is 16.0 Å². The Kier molecular flexibility index (Phi) is 5.57. The monoisotopic (exact) mass is 331 g/mol. The first-order chi connectivity index (χ1) is 11.7. The molecule has 3 rings (SSSR count). The number of nitrogens with zero attached hydrogens (tertiary/aromatic N) is 1. The molecule has 1 N–H and O–H groups in total. The number of aliphatic hydroxyl groups is 1. The van der Waals surface area contributed by atoms with E-state index in [0.717, 1.165) is 45.2 Å². The molecule has 1 saturated carbocycles. The molecule has 0 bridgehead atoms. The first kappa shape index (κ1) is 17.4. The number of amides is 1. The molecule has 1 spiro atoms. The molecule has 4 nitrogen and oxygen atoms in total. The van der Waals surface area contributed by atoms with Gasteiger partial charge in [0.05, 0.1) is 12.2 Å². The molecule has 2 atom stereocenters. The van der Waals surface area contributed by atoms with Crippen LogP contribution in [0.2, 0.25) is 0 Å². The maximum absolute atomic E-state index is 12.4. The largest absolute Gasteiger partial charge is 0.392 e. The first-order valence-corrected chi connectivity index (χ1v) is 9.27. The summed E-state index contributed by atoms with van der Waals surface area (Å²) in [5, 5.41) is 10.2. The second kappa shape index (κ2) is 7.66. The Hall–Kier alpha value is -1.39. The number of ether oxygens (including phenoxy) is 1. The third-order valence-corrected chi connectivity index (χ3v) is 5.86. The summed E-state index contributed by atoms with van der Waals surface area (Å²) >= 11 is 0. The van der Waals surface area contributed by atoms with Crippen molar-refractivity contribution < 1.29 is 14.6 Å².